The highest BCUT2D eigenvalue weighted by molar-refractivity contribution is 4.97. The van der Waals surface area contributed by atoms with Crippen LogP contribution in [0.2, 0.25) is 0 Å². The van der Waals surface area contributed by atoms with Crippen LogP contribution in [0.15, 0.2) is 0 Å². The molecule has 14 heavy (non-hydrogen) atoms. The van der Waals surface area contributed by atoms with Crippen LogP contribution in [0.1, 0.15) is 33.6 Å². The Kier molecular flexibility index (Phi) is 4.35. The van der Waals surface area contributed by atoms with Crippen molar-refractivity contribution in [3.63, 3.8) is 0 Å². The molecule has 0 radical (unpaired) electrons. The van der Waals surface area contributed by atoms with Gasteiger partial charge in [-0.15, -0.1) is 0 Å². The van der Waals surface area contributed by atoms with Crippen LogP contribution in [-0.4, -0.2) is 42.6 Å². The van der Waals surface area contributed by atoms with Crippen LogP contribution < -0.4 is 5.84 Å². The summed E-state index contributed by atoms with van der Waals surface area (Å²) in [6.07, 6.45) is 2.75. The molecule has 2 heterocycles. The molecule has 0 aliphatic carbocycles. The maximum Gasteiger partial charge on any atom is 0.0210 e. The number of likely N-dealkylation sites (tertiary alicyclic amines) is 1. The molecule has 0 amide bonds. The van der Waals surface area contributed by atoms with Crippen molar-refractivity contribution in [3.05, 3.63) is 0 Å². The van der Waals surface area contributed by atoms with Crippen molar-refractivity contribution in [2.75, 3.05) is 32.7 Å². The summed E-state index contributed by atoms with van der Waals surface area (Å²) in [5, 5.41) is 1.94. The molecular weight excluding hydrogens is 174 g/mol. The van der Waals surface area contributed by atoms with Crippen molar-refractivity contribution in [3.8, 4) is 0 Å². The first-order valence-electron chi connectivity index (χ1n) is 5.96. The first-order chi connectivity index (χ1) is 6.74. The normalized spacial score (nSPS) is 26.6. The summed E-state index contributed by atoms with van der Waals surface area (Å²) < 4.78 is 0. The highest BCUT2D eigenvalue weighted by Gasteiger charge is 2.43. The lowest BCUT2D eigenvalue weighted by Crippen LogP contribution is -2.64. The fourth-order valence-corrected chi connectivity index (χ4v) is 2.65. The lowest BCUT2D eigenvalue weighted by atomic mass is 9.74. The molecule has 2 aliphatic rings. The molecule has 0 unspecified atom stereocenters. The van der Waals surface area contributed by atoms with Gasteiger partial charge in [-0.1, -0.05) is 20.8 Å². The van der Waals surface area contributed by atoms with E-state index in [0.717, 1.165) is 13.1 Å². The Hall–Kier alpha value is -0.120. The quantitative estimate of drug-likeness (QED) is 0.646. The fourth-order valence-electron chi connectivity index (χ4n) is 2.65. The molecule has 0 aromatic rings. The van der Waals surface area contributed by atoms with Gasteiger partial charge in [0.2, 0.25) is 0 Å². The minimum absolute atomic E-state index is 0.572. The van der Waals surface area contributed by atoms with Gasteiger partial charge in [0.15, 0.2) is 0 Å². The van der Waals surface area contributed by atoms with Crippen molar-refractivity contribution in [1.29, 1.82) is 0 Å². The second kappa shape index (κ2) is 5.10. The van der Waals surface area contributed by atoms with Crippen molar-refractivity contribution in [2.45, 2.75) is 33.6 Å². The highest BCUT2D eigenvalue weighted by atomic mass is 15.5. The number of hydrazine groups is 1. The van der Waals surface area contributed by atoms with Gasteiger partial charge in [0, 0.05) is 25.0 Å². The first-order valence-corrected chi connectivity index (χ1v) is 5.96. The molecule has 0 aromatic carbocycles. The van der Waals surface area contributed by atoms with Gasteiger partial charge in [-0.3, -0.25) is 5.84 Å². The van der Waals surface area contributed by atoms with E-state index in [0.29, 0.717) is 5.41 Å². The van der Waals surface area contributed by atoms with E-state index in [9.17, 15) is 0 Å². The Balaban J connectivity index is 0.000000461. The van der Waals surface area contributed by atoms with Crippen molar-refractivity contribution >= 4 is 0 Å². The highest BCUT2D eigenvalue weighted by Crippen LogP contribution is 2.36. The molecule has 2 N–H and O–H groups in total. The van der Waals surface area contributed by atoms with Crippen LogP contribution in [-0.2, 0) is 0 Å². The van der Waals surface area contributed by atoms with Gasteiger partial charge < -0.3 is 4.90 Å². The van der Waals surface area contributed by atoms with Crippen LogP contribution in [0.4, 0.5) is 0 Å². The largest absolute Gasteiger partial charge is 0.303 e. The van der Waals surface area contributed by atoms with Gasteiger partial charge >= 0.3 is 0 Å². The molecule has 3 nitrogen and oxygen atoms in total. The summed E-state index contributed by atoms with van der Waals surface area (Å²) in [4.78, 5) is 2.55. The molecular formula is C11H25N3. The minimum Gasteiger partial charge on any atom is -0.303 e. The van der Waals surface area contributed by atoms with Crippen molar-refractivity contribution in [1.82, 2.24) is 9.91 Å². The third kappa shape index (κ3) is 2.47. The summed E-state index contributed by atoms with van der Waals surface area (Å²) in [6.45, 7) is 12.2. The molecule has 2 saturated heterocycles. The predicted octanol–water partition coefficient (Wildman–Crippen LogP) is 1.30. The zero-order valence-corrected chi connectivity index (χ0v) is 9.92. The van der Waals surface area contributed by atoms with Crippen LogP contribution in [0.25, 0.3) is 0 Å². The Morgan fingerprint density at radius 3 is 2.36 bits per heavy atom. The van der Waals surface area contributed by atoms with Gasteiger partial charge in [0.1, 0.15) is 0 Å². The standard InChI is InChI=1S/C9H19N3.C2H6/c1-2-11-5-3-4-9(6-11)7-12(10)8-9;1-2/h2-8,10H2,1H3;1-2H3. The van der Waals surface area contributed by atoms with Crippen LogP contribution in [0.3, 0.4) is 0 Å². The maximum absolute atomic E-state index is 5.69. The number of nitrogens with two attached hydrogens (primary N) is 1. The maximum atomic E-state index is 5.69. The van der Waals surface area contributed by atoms with Crippen molar-refractivity contribution < 1.29 is 0 Å². The van der Waals surface area contributed by atoms with Crippen LogP contribution in [0, 0.1) is 5.41 Å². The topological polar surface area (TPSA) is 32.5 Å². The summed E-state index contributed by atoms with van der Waals surface area (Å²) in [5.41, 5.74) is 0.572. The van der Waals surface area contributed by atoms with E-state index in [-0.39, 0.29) is 0 Å². The van der Waals surface area contributed by atoms with E-state index in [4.69, 9.17) is 5.84 Å². The SMILES string of the molecule is CC.CCN1CCCC2(CN(N)C2)C1. The van der Waals surface area contributed by atoms with Crippen LogP contribution >= 0.6 is 0 Å². The summed E-state index contributed by atoms with van der Waals surface area (Å²) in [5.74, 6) is 5.69. The van der Waals surface area contributed by atoms with E-state index in [1.807, 2.05) is 18.9 Å². The molecule has 2 rings (SSSR count). The number of hydrogen-bond donors (Lipinski definition) is 1. The van der Waals surface area contributed by atoms with Crippen molar-refractivity contribution in [2.24, 2.45) is 11.3 Å². The molecule has 0 aromatic heterocycles. The van der Waals surface area contributed by atoms with E-state index in [1.165, 1.54) is 32.5 Å². The third-order valence-corrected chi connectivity index (χ3v) is 3.26. The van der Waals surface area contributed by atoms with E-state index < -0.39 is 0 Å². The molecule has 84 valence electrons. The Morgan fingerprint density at radius 2 is 1.86 bits per heavy atom. The van der Waals surface area contributed by atoms with E-state index in [2.05, 4.69) is 11.8 Å². The van der Waals surface area contributed by atoms with Crippen LogP contribution in [0.5, 0.6) is 0 Å². The predicted molar refractivity (Wildman–Crippen MR) is 60.9 cm³/mol. The molecule has 1 spiro atoms. The minimum atomic E-state index is 0.572. The Labute approximate surface area is 88.2 Å². The molecule has 3 heteroatoms. The van der Waals surface area contributed by atoms with Gasteiger partial charge in [-0.25, -0.2) is 5.01 Å². The number of rotatable bonds is 1. The zero-order valence-electron chi connectivity index (χ0n) is 9.92. The monoisotopic (exact) mass is 199 g/mol. The Morgan fingerprint density at radius 1 is 1.21 bits per heavy atom. The lowest BCUT2D eigenvalue weighted by Gasteiger charge is -2.53. The average molecular weight is 199 g/mol. The zero-order chi connectivity index (χ0) is 10.6. The molecule has 0 bridgehead atoms. The first kappa shape index (κ1) is 12.0. The smallest absolute Gasteiger partial charge is 0.0210 e. The second-order valence-corrected chi connectivity index (χ2v) is 4.38. The molecule has 0 saturated carbocycles. The van der Waals surface area contributed by atoms with Gasteiger partial charge in [-0.05, 0) is 25.9 Å². The van der Waals surface area contributed by atoms with Gasteiger partial charge in [0.25, 0.3) is 0 Å². The summed E-state index contributed by atoms with van der Waals surface area (Å²) in [6, 6.07) is 0. The van der Waals surface area contributed by atoms with Gasteiger partial charge in [-0.2, -0.15) is 0 Å². The molecule has 0 atom stereocenters. The lowest BCUT2D eigenvalue weighted by molar-refractivity contribution is -0.0537. The number of piperidine rings is 1. The average Bonchev–Trinajstić information content (AvgIpc) is 2.19. The van der Waals surface area contributed by atoms with E-state index in [1.54, 1.807) is 0 Å². The molecule has 2 fully saturated rings. The fraction of sp³-hybridized carbons (Fsp3) is 1.00. The summed E-state index contributed by atoms with van der Waals surface area (Å²) >= 11 is 0. The third-order valence-electron chi connectivity index (χ3n) is 3.26. The second-order valence-electron chi connectivity index (χ2n) is 4.38. The number of nitrogens with zero attached hydrogens (tertiary/aromatic N) is 2. The molecule has 2 aliphatic heterocycles. The van der Waals surface area contributed by atoms with Gasteiger partial charge in [0.05, 0.1) is 0 Å². The number of hydrogen-bond acceptors (Lipinski definition) is 3. The Bertz CT molecular complexity index is 158. The van der Waals surface area contributed by atoms with E-state index >= 15 is 0 Å². The summed E-state index contributed by atoms with van der Waals surface area (Å²) in [7, 11) is 0.